The molecule has 0 radical (unpaired) electrons. The summed E-state index contributed by atoms with van der Waals surface area (Å²) in [5.74, 6) is -2.40. The van der Waals surface area contributed by atoms with Gasteiger partial charge in [-0.2, -0.15) is 5.26 Å². The highest BCUT2D eigenvalue weighted by atomic mass is 35.5. The number of esters is 1. The summed E-state index contributed by atoms with van der Waals surface area (Å²) in [4.78, 5) is 38.1. The molecule has 2 atom stereocenters. The number of alkyl halides is 2. The Labute approximate surface area is 177 Å². The fraction of sp³-hybridized carbons (Fsp3) is 0.789. The van der Waals surface area contributed by atoms with Crippen molar-refractivity contribution in [2.24, 2.45) is 5.92 Å². The molecule has 0 aromatic heterocycles. The number of ether oxygens (including phenoxy) is 1. The normalized spacial score (nSPS) is 14.8. The molecule has 0 spiro atoms. The van der Waals surface area contributed by atoms with Crippen molar-refractivity contribution in [2.75, 3.05) is 6.54 Å². The van der Waals surface area contributed by atoms with E-state index in [2.05, 4.69) is 5.32 Å². The van der Waals surface area contributed by atoms with Gasteiger partial charge < -0.3 is 15.0 Å². The molecule has 0 aromatic rings. The Morgan fingerprint density at radius 1 is 1.18 bits per heavy atom. The molecule has 2 amide bonds. The number of rotatable bonds is 9. The quantitative estimate of drug-likeness (QED) is 0.442. The van der Waals surface area contributed by atoms with Gasteiger partial charge in [0.2, 0.25) is 11.4 Å². The fourth-order valence-corrected chi connectivity index (χ4v) is 2.89. The monoisotopic (exact) mass is 435 g/mol. The molecule has 0 saturated carbocycles. The van der Waals surface area contributed by atoms with Gasteiger partial charge in [0.25, 0.3) is 5.91 Å². The van der Waals surface area contributed by atoms with E-state index in [0.29, 0.717) is 6.42 Å². The van der Waals surface area contributed by atoms with Crippen LogP contribution in [0.3, 0.4) is 0 Å². The summed E-state index contributed by atoms with van der Waals surface area (Å²) in [5, 5.41) is 12.2. The fourth-order valence-electron chi connectivity index (χ4n) is 2.64. The van der Waals surface area contributed by atoms with E-state index in [1.807, 2.05) is 13.0 Å². The zero-order valence-electron chi connectivity index (χ0n) is 17.6. The van der Waals surface area contributed by atoms with Gasteiger partial charge in [-0.3, -0.25) is 9.59 Å². The van der Waals surface area contributed by atoms with E-state index in [1.54, 1.807) is 41.5 Å². The van der Waals surface area contributed by atoms with E-state index in [9.17, 15) is 19.6 Å². The van der Waals surface area contributed by atoms with Crippen LogP contribution in [0.1, 0.15) is 61.3 Å². The van der Waals surface area contributed by atoms with Crippen molar-refractivity contribution in [1.29, 1.82) is 5.26 Å². The Hall–Kier alpha value is -1.52. The summed E-state index contributed by atoms with van der Waals surface area (Å²) in [6.07, 6.45) is 0.580. The number of nitrogens with zero attached hydrogens (tertiary/aromatic N) is 2. The molecule has 1 N–H and O–H groups in total. The number of hydrogen-bond donors (Lipinski definition) is 1. The number of amides is 2. The third-order valence-corrected chi connectivity index (χ3v) is 4.35. The minimum atomic E-state index is -1.86. The van der Waals surface area contributed by atoms with Gasteiger partial charge in [0.1, 0.15) is 17.7 Å². The molecule has 28 heavy (non-hydrogen) atoms. The molecule has 7 nitrogen and oxygen atoms in total. The maximum Gasteiger partial charge on any atom is 0.347 e. The molecular weight excluding hydrogens is 405 g/mol. The van der Waals surface area contributed by atoms with E-state index < -0.39 is 39.8 Å². The van der Waals surface area contributed by atoms with Crippen molar-refractivity contribution in [1.82, 2.24) is 10.2 Å². The highest BCUT2D eigenvalue weighted by molar-refractivity contribution is 6.53. The van der Waals surface area contributed by atoms with Crippen LogP contribution >= 0.6 is 23.2 Å². The maximum absolute atomic E-state index is 13.1. The van der Waals surface area contributed by atoms with E-state index in [4.69, 9.17) is 27.9 Å². The number of hydrogen-bond acceptors (Lipinski definition) is 5. The van der Waals surface area contributed by atoms with Gasteiger partial charge in [0, 0.05) is 6.54 Å². The molecule has 0 aliphatic rings. The number of halogens is 2. The molecule has 0 saturated heterocycles. The molecule has 0 aliphatic heterocycles. The van der Waals surface area contributed by atoms with Gasteiger partial charge in [-0.25, -0.2) is 4.79 Å². The van der Waals surface area contributed by atoms with Gasteiger partial charge >= 0.3 is 5.97 Å². The van der Waals surface area contributed by atoms with Crippen molar-refractivity contribution in [3.8, 4) is 6.07 Å². The number of carbonyl (C=O) groups excluding carboxylic acids is 3. The lowest BCUT2D eigenvalue weighted by molar-refractivity contribution is -0.162. The first-order valence-electron chi connectivity index (χ1n) is 9.31. The number of carbonyl (C=O) groups is 3. The van der Waals surface area contributed by atoms with Crippen LogP contribution in [-0.4, -0.2) is 51.2 Å². The van der Waals surface area contributed by atoms with Gasteiger partial charge in [-0.1, -0.05) is 50.9 Å². The van der Waals surface area contributed by atoms with Crippen molar-refractivity contribution < 1.29 is 19.1 Å². The zero-order chi connectivity index (χ0) is 22.3. The first-order valence-corrected chi connectivity index (χ1v) is 10.2. The molecule has 160 valence electrons. The van der Waals surface area contributed by atoms with Crippen molar-refractivity contribution >= 4 is 41.0 Å². The second-order valence-electron chi connectivity index (χ2n) is 7.88. The minimum absolute atomic E-state index is 0.00430. The third-order valence-electron chi connectivity index (χ3n) is 3.98. The summed E-state index contributed by atoms with van der Waals surface area (Å²) in [6.45, 7) is 12.2. The first kappa shape index (κ1) is 26.5. The van der Waals surface area contributed by atoms with Crippen LogP contribution in [0, 0.1) is 17.2 Å². The minimum Gasteiger partial charge on any atom is -0.457 e. The van der Waals surface area contributed by atoms with Crippen LogP contribution in [-0.2, 0) is 19.1 Å². The van der Waals surface area contributed by atoms with Crippen LogP contribution in [0.25, 0.3) is 0 Å². The van der Waals surface area contributed by atoms with Gasteiger partial charge in [0.05, 0.1) is 0 Å². The molecule has 0 bridgehead atoms. The molecule has 0 unspecified atom stereocenters. The largest absolute Gasteiger partial charge is 0.457 e. The second kappa shape index (κ2) is 10.9. The maximum atomic E-state index is 13.1. The average Bonchev–Trinajstić information content (AvgIpc) is 2.56. The summed E-state index contributed by atoms with van der Waals surface area (Å²) in [5.41, 5.74) is -2.69. The topological polar surface area (TPSA) is 99.5 Å². The Morgan fingerprint density at radius 3 is 2.04 bits per heavy atom. The van der Waals surface area contributed by atoms with Crippen LogP contribution < -0.4 is 5.32 Å². The Kier molecular flexibility index (Phi) is 10.3. The van der Waals surface area contributed by atoms with Crippen LogP contribution in [0.4, 0.5) is 0 Å². The standard InChI is InChI=1S/C19H31Cl2N3O4/c1-8-10-24(16(26)14(20)21)13(12(3)4)15(25)23-19(9-2,11-22)17(27)28-18(5,6)7/h12-14H,8-10H2,1-7H3,(H,23,25)/t13-,19-/m0/s1. The van der Waals surface area contributed by atoms with E-state index in [0.717, 1.165) is 0 Å². The van der Waals surface area contributed by atoms with Crippen LogP contribution in [0.15, 0.2) is 0 Å². The second-order valence-corrected chi connectivity index (χ2v) is 8.98. The third kappa shape index (κ3) is 7.14. The average molecular weight is 436 g/mol. The summed E-state index contributed by atoms with van der Waals surface area (Å²) < 4.78 is 5.32. The van der Waals surface area contributed by atoms with E-state index in [-0.39, 0.29) is 18.9 Å². The SMILES string of the molecule is CCCN(C(=O)C(Cl)Cl)[C@H](C(=O)N[C@](C#N)(CC)C(=O)OC(C)(C)C)C(C)C. The molecule has 0 aliphatic carbocycles. The predicted octanol–water partition coefficient (Wildman–Crippen LogP) is 3.18. The van der Waals surface area contributed by atoms with Crippen LogP contribution in [0.2, 0.25) is 0 Å². The van der Waals surface area contributed by atoms with Gasteiger partial charge in [-0.05, 0) is 39.5 Å². The highest BCUT2D eigenvalue weighted by Gasteiger charge is 2.45. The lowest BCUT2D eigenvalue weighted by Crippen LogP contribution is -2.61. The van der Waals surface area contributed by atoms with Crippen molar-refractivity contribution in [3.63, 3.8) is 0 Å². The first-order chi connectivity index (χ1) is 12.8. The summed E-state index contributed by atoms with van der Waals surface area (Å²) in [6, 6.07) is 0.923. The summed E-state index contributed by atoms with van der Waals surface area (Å²) in [7, 11) is 0. The Balaban J connectivity index is 5.90. The number of nitrogens with one attached hydrogen (secondary N) is 1. The molecular formula is C19H31Cl2N3O4. The summed E-state index contributed by atoms with van der Waals surface area (Å²) >= 11 is 11.5. The molecule has 9 heteroatoms. The predicted molar refractivity (Wildman–Crippen MR) is 109 cm³/mol. The molecule has 0 rings (SSSR count). The van der Waals surface area contributed by atoms with Crippen molar-refractivity contribution in [2.45, 2.75) is 83.3 Å². The smallest absolute Gasteiger partial charge is 0.347 e. The molecule has 0 fully saturated rings. The Bertz CT molecular complexity index is 611. The van der Waals surface area contributed by atoms with E-state index in [1.165, 1.54) is 4.90 Å². The van der Waals surface area contributed by atoms with Crippen molar-refractivity contribution in [3.05, 3.63) is 0 Å². The Morgan fingerprint density at radius 2 is 1.71 bits per heavy atom. The van der Waals surface area contributed by atoms with Gasteiger partial charge in [0.15, 0.2) is 4.84 Å². The molecule has 0 heterocycles. The lowest BCUT2D eigenvalue weighted by atomic mass is 9.94. The zero-order valence-corrected chi connectivity index (χ0v) is 19.1. The van der Waals surface area contributed by atoms with Gasteiger partial charge in [-0.15, -0.1) is 0 Å². The number of nitriles is 1. The molecule has 0 aromatic carbocycles. The highest BCUT2D eigenvalue weighted by Crippen LogP contribution is 2.21. The van der Waals surface area contributed by atoms with E-state index >= 15 is 0 Å². The lowest BCUT2D eigenvalue weighted by Gasteiger charge is -2.36. The van der Waals surface area contributed by atoms with Crippen LogP contribution in [0.5, 0.6) is 0 Å².